The maximum Gasteiger partial charge on any atom is 0.273 e. The molecule has 0 atom stereocenters. The third-order valence-electron chi connectivity index (χ3n) is 4.35. The topological polar surface area (TPSA) is 70.9 Å². The van der Waals surface area contributed by atoms with Crippen LogP contribution in [0.5, 0.6) is 0 Å². The Bertz CT molecular complexity index is 1110. The summed E-state index contributed by atoms with van der Waals surface area (Å²) >= 11 is 3.51. The van der Waals surface area contributed by atoms with E-state index >= 15 is 0 Å². The van der Waals surface area contributed by atoms with Crippen LogP contribution < -0.4 is 5.32 Å². The number of hydrogen-bond acceptors (Lipinski definition) is 3. The van der Waals surface area contributed by atoms with Crippen LogP contribution in [0, 0.1) is 0 Å². The van der Waals surface area contributed by atoms with Crippen LogP contribution in [0.15, 0.2) is 63.6 Å². The molecule has 0 aliphatic heterocycles. The van der Waals surface area contributed by atoms with Gasteiger partial charge in [0, 0.05) is 28.1 Å². The number of para-hydroxylation sites is 1. The summed E-state index contributed by atoms with van der Waals surface area (Å²) in [5.41, 5.74) is 2.97. The Balaban J connectivity index is 1.53. The largest absolute Gasteiger partial charge is 0.441 e. The van der Waals surface area contributed by atoms with Gasteiger partial charge in [-0.3, -0.25) is 4.79 Å². The molecule has 5 nitrogen and oxygen atoms in total. The number of nitrogens with zero attached hydrogens (tertiary/aromatic N) is 1. The van der Waals surface area contributed by atoms with Gasteiger partial charge in [0.1, 0.15) is 11.5 Å². The molecule has 136 valence electrons. The number of carbonyl (C=O) groups excluding carboxylic acids is 1. The number of fused-ring (bicyclic) bond motifs is 1. The molecule has 2 aromatic heterocycles. The highest BCUT2D eigenvalue weighted by Gasteiger charge is 2.16. The summed E-state index contributed by atoms with van der Waals surface area (Å²) in [5, 5.41) is 3.89. The Hall–Kier alpha value is -2.86. The number of rotatable bonds is 4. The minimum Gasteiger partial charge on any atom is -0.441 e. The monoisotopic (exact) mass is 423 g/mol. The first kappa shape index (κ1) is 17.5. The molecule has 0 bridgehead atoms. The number of aromatic nitrogens is 2. The van der Waals surface area contributed by atoms with E-state index in [9.17, 15) is 4.79 Å². The summed E-state index contributed by atoms with van der Waals surface area (Å²) in [5.74, 6) is 1.52. The van der Waals surface area contributed by atoms with Gasteiger partial charge in [0.25, 0.3) is 5.91 Å². The van der Waals surface area contributed by atoms with Crippen molar-refractivity contribution in [3.63, 3.8) is 0 Å². The van der Waals surface area contributed by atoms with Crippen molar-refractivity contribution in [3.05, 3.63) is 70.7 Å². The number of oxazole rings is 1. The van der Waals surface area contributed by atoms with Crippen LogP contribution in [0.2, 0.25) is 0 Å². The van der Waals surface area contributed by atoms with Gasteiger partial charge in [0.05, 0.1) is 10.7 Å². The number of halogens is 1. The van der Waals surface area contributed by atoms with Crippen LogP contribution in [0.1, 0.15) is 36.0 Å². The number of benzene rings is 2. The third kappa shape index (κ3) is 3.40. The third-order valence-corrected chi connectivity index (χ3v) is 5.18. The van der Waals surface area contributed by atoms with Gasteiger partial charge in [-0.1, -0.05) is 32.0 Å². The van der Waals surface area contributed by atoms with E-state index in [0.717, 1.165) is 26.7 Å². The fourth-order valence-corrected chi connectivity index (χ4v) is 3.47. The summed E-state index contributed by atoms with van der Waals surface area (Å²) in [6, 6.07) is 15.2. The second-order valence-corrected chi connectivity index (χ2v) is 7.41. The van der Waals surface area contributed by atoms with Gasteiger partial charge in [-0.2, -0.15) is 0 Å². The number of H-pyrrole nitrogens is 1. The molecule has 0 aliphatic carbocycles. The predicted octanol–water partition coefficient (Wildman–Crippen LogP) is 5.96. The zero-order chi connectivity index (χ0) is 19.0. The molecule has 6 heteroatoms. The average molecular weight is 424 g/mol. The quantitative estimate of drug-likeness (QED) is 0.425. The number of nitrogens with one attached hydrogen (secondary N) is 2. The minimum absolute atomic E-state index is 0.205. The highest BCUT2D eigenvalue weighted by molar-refractivity contribution is 9.10. The Kier molecular flexibility index (Phi) is 4.58. The van der Waals surface area contributed by atoms with Crippen molar-refractivity contribution in [2.45, 2.75) is 19.8 Å². The van der Waals surface area contributed by atoms with Gasteiger partial charge < -0.3 is 14.7 Å². The molecule has 2 N–H and O–H groups in total. The van der Waals surface area contributed by atoms with Crippen molar-refractivity contribution in [2.75, 3.05) is 5.32 Å². The molecule has 2 heterocycles. The van der Waals surface area contributed by atoms with E-state index in [1.165, 1.54) is 0 Å². The van der Waals surface area contributed by atoms with E-state index in [4.69, 9.17) is 4.42 Å². The molecule has 0 aliphatic rings. The standard InChI is InChI=1S/C21H18BrN3O2/c1-12(2)17-11-23-21(27-17)13-7-9-14(10-8-13)24-20(26)19-18(22)15-5-3-4-6-16(15)25-19/h3-12,25H,1-2H3,(H,24,26). The molecular weight excluding hydrogens is 406 g/mol. The number of aromatic amines is 1. The minimum atomic E-state index is -0.205. The summed E-state index contributed by atoms with van der Waals surface area (Å²) in [7, 11) is 0. The van der Waals surface area contributed by atoms with Crippen molar-refractivity contribution in [2.24, 2.45) is 0 Å². The molecule has 4 rings (SSSR count). The van der Waals surface area contributed by atoms with Crippen molar-refractivity contribution in [1.29, 1.82) is 0 Å². The van der Waals surface area contributed by atoms with Crippen molar-refractivity contribution in [3.8, 4) is 11.5 Å². The number of anilines is 1. The Morgan fingerprint density at radius 1 is 1.15 bits per heavy atom. The first-order valence-electron chi connectivity index (χ1n) is 8.66. The highest BCUT2D eigenvalue weighted by Crippen LogP contribution is 2.29. The van der Waals surface area contributed by atoms with Crippen molar-refractivity contribution >= 4 is 38.4 Å². The van der Waals surface area contributed by atoms with E-state index in [-0.39, 0.29) is 5.91 Å². The number of amides is 1. The molecule has 0 fully saturated rings. The molecule has 0 radical (unpaired) electrons. The second-order valence-electron chi connectivity index (χ2n) is 6.61. The number of hydrogen-bond donors (Lipinski definition) is 2. The Labute approximate surface area is 164 Å². The maximum absolute atomic E-state index is 12.6. The van der Waals surface area contributed by atoms with Gasteiger partial charge in [-0.25, -0.2) is 4.98 Å². The Morgan fingerprint density at radius 2 is 1.89 bits per heavy atom. The van der Waals surface area contributed by atoms with Gasteiger partial charge in [0.2, 0.25) is 5.89 Å². The fraction of sp³-hybridized carbons (Fsp3) is 0.143. The smallest absolute Gasteiger partial charge is 0.273 e. The lowest BCUT2D eigenvalue weighted by molar-refractivity contribution is 0.102. The van der Waals surface area contributed by atoms with Crippen LogP contribution in [-0.2, 0) is 0 Å². The second kappa shape index (κ2) is 7.04. The lowest BCUT2D eigenvalue weighted by Gasteiger charge is -2.05. The van der Waals surface area contributed by atoms with E-state index in [1.807, 2.05) is 48.5 Å². The van der Waals surface area contributed by atoms with E-state index in [2.05, 4.69) is 45.1 Å². The molecule has 0 saturated carbocycles. The van der Waals surface area contributed by atoms with Crippen LogP contribution in [0.4, 0.5) is 5.69 Å². The summed E-state index contributed by atoms with van der Waals surface area (Å²) in [6.45, 7) is 4.12. The average Bonchev–Trinajstić information content (AvgIpc) is 3.28. The normalized spacial score (nSPS) is 11.3. The van der Waals surface area contributed by atoms with Gasteiger partial charge in [-0.05, 0) is 46.3 Å². The lowest BCUT2D eigenvalue weighted by atomic mass is 10.2. The summed E-state index contributed by atoms with van der Waals surface area (Å²) < 4.78 is 6.52. The fourth-order valence-electron chi connectivity index (χ4n) is 2.84. The molecule has 0 saturated heterocycles. The van der Waals surface area contributed by atoms with Crippen LogP contribution >= 0.6 is 15.9 Å². The molecule has 4 aromatic rings. The number of carbonyl (C=O) groups is 1. The molecular formula is C21H18BrN3O2. The van der Waals surface area contributed by atoms with Crippen LogP contribution in [0.25, 0.3) is 22.4 Å². The summed E-state index contributed by atoms with van der Waals surface area (Å²) in [4.78, 5) is 20.1. The van der Waals surface area contributed by atoms with Crippen molar-refractivity contribution < 1.29 is 9.21 Å². The van der Waals surface area contributed by atoms with E-state index in [0.29, 0.717) is 23.2 Å². The molecule has 27 heavy (non-hydrogen) atoms. The van der Waals surface area contributed by atoms with Crippen molar-refractivity contribution in [1.82, 2.24) is 9.97 Å². The van der Waals surface area contributed by atoms with E-state index in [1.54, 1.807) is 6.20 Å². The van der Waals surface area contributed by atoms with E-state index < -0.39 is 0 Å². The zero-order valence-electron chi connectivity index (χ0n) is 14.9. The van der Waals surface area contributed by atoms with Gasteiger partial charge >= 0.3 is 0 Å². The predicted molar refractivity (Wildman–Crippen MR) is 110 cm³/mol. The first-order valence-corrected chi connectivity index (χ1v) is 9.46. The first-order chi connectivity index (χ1) is 13.0. The maximum atomic E-state index is 12.6. The summed E-state index contributed by atoms with van der Waals surface area (Å²) in [6.07, 6.45) is 1.75. The highest BCUT2D eigenvalue weighted by atomic mass is 79.9. The van der Waals surface area contributed by atoms with Crippen LogP contribution in [-0.4, -0.2) is 15.9 Å². The van der Waals surface area contributed by atoms with Gasteiger partial charge in [0.15, 0.2) is 0 Å². The molecule has 0 spiro atoms. The molecule has 2 aromatic carbocycles. The van der Waals surface area contributed by atoms with Gasteiger partial charge in [-0.15, -0.1) is 0 Å². The van der Waals surface area contributed by atoms with Crippen LogP contribution in [0.3, 0.4) is 0 Å². The SMILES string of the molecule is CC(C)c1cnc(-c2ccc(NC(=O)c3[nH]c4ccccc4c3Br)cc2)o1. The molecule has 0 unspecified atom stereocenters. The molecule has 1 amide bonds. The zero-order valence-corrected chi connectivity index (χ0v) is 16.5. The lowest BCUT2D eigenvalue weighted by Crippen LogP contribution is -2.12. The Morgan fingerprint density at radius 3 is 2.56 bits per heavy atom.